The average molecular weight is 351 g/mol. The molecule has 2 aromatic heterocycles. The number of fused-ring (bicyclic) bond motifs is 4. The lowest BCUT2D eigenvalue weighted by Gasteiger charge is -2.31. The number of anilines is 3. The van der Waals surface area contributed by atoms with Gasteiger partial charge in [-0.2, -0.15) is 0 Å². The first-order valence-electron chi connectivity index (χ1n) is 9.08. The van der Waals surface area contributed by atoms with Gasteiger partial charge in [0.05, 0.1) is 0 Å². The monoisotopic (exact) mass is 351 g/mol. The van der Waals surface area contributed by atoms with Gasteiger partial charge in [0.25, 0.3) is 11.5 Å². The fourth-order valence-electron chi connectivity index (χ4n) is 5.01. The minimum Gasteiger partial charge on any atom is -0.384 e. The van der Waals surface area contributed by atoms with Crippen LogP contribution in [0.3, 0.4) is 0 Å². The Kier molecular flexibility index (Phi) is 2.89. The molecule has 0 aromatic carbocycles. The van der Waals surface area contributed by atoms with Crippen LogP contribution in [0.15, 0.2) is 17.1 Å². The van der Waals surface area contributed by atoms with E-state index in [0.717, 1.165) is 48.1 Å². The summed E-state index contributed by atoms with van der Waals surface area (Å²) in [6, 6.07) is 1.76. The van der Waals surface area contributed by atoms with E-state index in [2.05, 4.69) is 15.6 Å². The summed E-state index contributed by atoms with van der Waals surface area (Å²) < 4.78 is 1.71. The van der Waals surface area contributed by atoms with Crippen LogP contribution >= 0.6 is 0 Å². The molecule has 5 rings (SSSR count). The molecule has 1 atom stereocenters. The van der Waals surface area contributed by atoms with Crippen molar-refractivity contribution in [3.63, 3.8) is 0 Å². The highest BCUT2D eigenvalue weighted by Gasteiger charge is 2.48. The molecule has 3 aliphatic rings. The van der Waals surface area contributed by atoms with Gasteiger partial charge in [-0.3, -0.25) is 14.2 Å². The molecule has 4 heterocycles. The molecule has 0 saturated heterocycles. The highest BCUT2D eigenvalue weighted by Crippen LogP contribution is 2.45. The van der Waals surface area contributed by atoms with Crippen molar-refractivity contribution in [2.75, 3.05) is 11.1 Å². The smallest absolute Gasteiger partial charge is 0.277 e. The summed E-state index contributed by atoms with van der Waals surface area (Å²) in [5.74, 6) is 0.229. The largest absolute Gasteiger partial charge is 0.384 e. The molecular weight excluding hydrogens is 330 g/mol. The van der Waals surface area contributed by atoms with Gasteiger partial charge < -0.3 is 16.4 Å². The van der Waals surface area contributed by atoms with Gasteiger partial charge in [-0.1, -0.05) is 6.92 Å². The lowest BCUT2D eigenvalue weighted by atomic mass is 9.85. The summed E-state index contributed by atoms with van der Waals surface area (Å²) in [4.78, 5) is 30.4. The van der Waals surface area contributed by atoms with Crippen LogP contribution in [0, 0.1) is 6.92 Å². The van der Waals surface area contributed by atoms with E-state index in [4.69, 9.17) is 5.73 Å². The molecule has 134 valence electrons. The first-order valence-corrected chi connectivity index (χ1v) is 9.08. The second-order valence-electron chi connectivity index (χ2n) is 7.64. The van der Waals surface area contributed by atoms with E-state index >= 15 is 0 Å². The molecule has 1 spiro atoms. The third-order valence-electron chi connectivity index (χ3n) is 6.20. The van der Waals surface area contributed by atoms with E-state index in [1.54, 1.807) is 16.8 Å². The van der Waals surface area contributed by atoms with Gasteiger partial charge >= 0.3 is 0 Å². The summed E-state index contributed by atoms with van der Waals surface area (Å²) in [7, 11) is 0. The van der Waals surface area contributed by atoms with Crippen LogP contribution in [0.25, 0.3) is 0 Å². The van der Waals surface area contributed by atoms with Crippen LogP contribution in [0.1, 0.15) is 65.7 Å². The average Bonchev–Trinajstić information content (AvgIpc) is 3.17. The van der Waals surface area contributed by atoms with Crippen LogP contribution in [0.2, 0.25) is 0 Å². The molecule has 1 amide bonds. The molecule has 2 aliphatic heterocycles. The Bertz CT molecular complexity index is 1030. The van der Waals surface area contributed by atoms with Gasteiger partial charge in [0.15, 0.2) is 0 Å². The Balaban J connectivity index is 1.81. The number of nitrogen functional groups attached to an aromatic ring is 1. The van der Waals surface area contributed by atoms with Crippen molar-refractivity contribution in [1.29, 1.82) is 0 Å². The van der Waals surface area contributed by atoms with Crippen molar-refractivity contribution in [2.45, 2.75) is 51.1 Å². The predicted octanol–water partition coefficient (Wildman–Crippen LogP) is 2.31. The molecule has 1 saturated carbocycles. The Morgan fingerprint density at radius 2 is 2.04 bits per heavy atom. The number of carbonyl (C=O) groups is 1. The number of aromatic nitrogens is 2. The number of hydrogen-bond donors (Lipinski definition) is 3. The molecule has 4 N–H and O–H groups in total. The van der Waals surface area contributed by atoms with Gasteiger partial charge in [0, 0.05) is 29.4 Å². The molecular formula is C19H21N5O2. The van der Waals surface area contributed by atoms with Crippen molar-refractivity contribution in [1.82, 2.24) is 14.9 Å². The van der Waals surface area contributed by atoms with Crippen molar-refractivity contribution in [2.24, 2.45) is 0 Å². The number of pyridine rings is 2. The van der Waals surface area contributed by atoms with Gasteiger partial charge in [-0.15, -0.1) is 0 Å². The molecule has 1 aliphatic carbocycles. The van der Waals surface area contributed by atoms with Gasteiger partial charge in [-0.25, -0.2) is 4.98 Å². The molecule has 7 nitrogen and oxygen atoms in total. The Morgan fingerprint density at radius 1 is 1.31 bits per heavy atom. The topological polar surface area (TPSA) is 102 Å². The number of hydrogen-bond acceptors (Lipinski definition) is 5. The number of nitrogens with two attached hydrogens (primary N) is 1. The maximum atomic E-state index is 13.5. The molecule has 2 aromatic rings. The number of nitrogens with zero attached hydrogens (tertiary/aromatic N) is 2. The summed E-state index contributed by atoms with van der Waals surface area (Å²) >= 11 is 0. The van der Waals surface area contributed by atoms with Crippen LogP contribution in [-0.2, 0) is 5.66 Å². The Morgan fingerprint density at radius 3 is 2.77 bits per heavy atom. The fraction of sp³-hybridized carbons (Fsp3) is 0.421. The number of nitrogens with one attached hydrogen (secondary N) is 2. The van der Waals surface area contributed by atoms with E-state index in [-0.39, 0.29) is 17.4 Å². The molecule has 7 heteroatoms. The lowest BCUT2D eigenvalue weighted by Crippen LogP contribution is -2.45. The summed E-state index contributed by atoms with van der Waals surface area (Å²) in [5.41, 5.74) is 9.74. The van der Waals surface area contributed by atoms with Gasteiger partial charge in [-0.05, 0) is 43.7 Å². The van der Waals surface area contributed by atoms with E-state index in [1.165, 1.54) is 0 Å². The minimum atomic E-state index is -0.564. The van der Waals surface area contributed by atoms with Crippen molar-refractivity contribution < 1.29 is 4.79 Å². The highest BCUT2D eigenvalue weighted by molar-refractivity contribution is 5.98. The summed E-state index contributed by atoms with van der Waals surface area (Å²) in [5, 5.41) is 6.39. The molecule has 0 radical (unpaired) electrons. The van der Waals surface area contributed by atoms with Crippen LogP contribution in [0.5, 0.6) is 0 Å². The van der Waals surface area contributed by atoms with Gasteiger partial charge in [0.2, 0.25) is 0 Å². The Labute approximate surface area is 150 Å². The highest BCUT2D eigenvalue weighted by atomic mass is 16.2. The van der Waals surface area contributed by atoms with Crippen molar-refractivity contribution >= 4 is 23.1 Å². The molecule has 26 heavy (non-hydrogen) atoms. The number of rotatable bonds is 0. The Hall–Kier alpha value is -2.83. The quantitative estimate of drug-likeness (QED) is 0.676. The first-order chi connectivity index (χ1) is 12.4. The van der Waals surface area contributed by atoms with E-state index in [9.17, 15) is 9.59 Å². The summed E-state index contributed by atoms with van der Waals surface area (Å²) in [6.07, 6.45) is 5.36. The molecule has 1 fully saturated rings. The predicted molar refractivity (Wildman–Crippen MR) is 98.8 cm³/mol. The molecule has 0 unspecified atom stereocenters. The van der Waals surface area contributed by atoms with E-state index < -0.39 is 5.66 Å². The second-order valence-corrected chi connectivity index (χ2v) is 7.64. The third-order valence-corrected chi connectivity index (χ3v) is 6.20. The maximum Gasteiger partial charge on any atom is 0.277 e. The van der Waals surface area contributed by atoms with Crippen LogP contribution < -0.4 is 21.9 Å². The number of carbonyl (C=O) groups excluding carboxylic acids is 1. The van der Waals surface area contributed by atoms with Crippen LogP contribution in [0.4, 0.5) is 17.2 Å². The van der Waals surface area contributed by atoms with E-state index in [1.807, 2.05) is 13.8 Å². The zero-order valence-corrected chi connectivity index (χ0v) is 14.8. The first kappa shape index (κ1) is 15.4. The van der Waals surface area contributed by atoms with Crippen molar-refractivity contribution in [3.8, 4) is 0 Å². The normalized spacial score (nSPS) is 21.8. The molecule has 0 bridgehead atoms. The lowest BCUT2D eigenvalue weighted by molar-refractivity contribution is 0.0920. The maximum absolute atomic E-state index is 13.5. The zero-order valence-electron chi connectivity index (χ0n) is 14.8. The zero-order chi connectivity index (χ0) is 18.2. The fourth-order valence-corrected chi connectivity index (χ4v) is 5.01. The summed E-state index contributed by atoms with van der Waals surface area (Å²) in [6.45, 7) is 3.98. The SMILES string of the molecule is Cc1c2c(c(=O)n3c1C(=O)NC31CCCC1)Nc1cc(N)ncc1[C@H]2C. The van der Waals surface area contributed by atoms with E-state index in [0.29, 0.717) is 17.2 Å². The number of amides is 1. The van der Waals surface area contributed by atoms with Crippen molar-refractivity contribution in [3.05, 3.63) is 45.0 Å². The van der Waals surface area contributed by atoms with Crippen LogP contribution in [-0.4, -0.2) is 15.5 Å². The second kappa shape index (κ2) is 4.87. The van der Waals surface area contributed by atoms with Gasteiger partial charge in [0.1, 0.15) is 22.9 Å². The third kappa shape index (κ3) is 1.75. The standard InChI is InChI=1S/C19H21N5O2/c1-9-11-8-21-13(20)7-12(11)22-15-14(9)10(2)16-17(25)23-19(5-3-4-6-19)24(16)18(15)26/h7-9,22H,3-6H2,1-2H3,(H2,20,21)(H,23,25)/t9-/m1/s1. The minimum absolute atomic E-state index is 0.0409.